The molecule has 3 heteroatoms. The molecule has 1 unspecified atom stereocenters. The first-order valence-electron chi connectivity index (χ1n) is 5.85. The van der Waals surface area contributed by atoms with Gasteiger partial charge in [-0.2, -0.15) is 0 Å². The Bertz CT molecular complexity index is 182. The third-order valence-electron chi connectivity index (χ3n) is 3.95. The van der Waals surface area contributed by atoms with Crippen LogP contribution in [0.15, 0.2) is 0 Å². The average Bonchev–Trinajstić information content (AvgIpc) is 2.68. The van der Waals surface area contributed by atoms with Gasteiger partial charge in [-0.05, 0) is 25.7 Å². The quantitative estimate of drug-likeness (QED) is 0.719. The van der Waals surface area contributed by atoms with Gasteiger partial charge in [-0.15, -0.1) is 0 Å². The van der Waals surface area contributed by atoms with Gasteiger partial charge < -0.3 is 10.5 Å². The summed E-state index contributed by atoms with van der Waals surface area (Å²) in [6.45, 7) is 6.48. The van der Waals surface area contributed by atoms with Crippen molar-refractivity contribution in [1.29, 1.82) is 0 Å². The first-order chi connectivity index (χ1) is 6.77. The van der Waals surface area contributed by atoms with Gasteiger partial charge in [0, 0.05) is 31.3 Å². The lowest BCUT2D eigenvalue weighted by atomic mass is 9.90. The second kappa shape index (κ2) is 4.17. The zero-order valence-corrected chi connectivity index (χ0v) is 9.17. The monoisotopic (exact) mass is 198 g/mol. The van der Waals surface area contributed by atoms with Gasteiger partial charge in [0.25, 0.3) is 0 Å². The summed E-state index contributed by atoms with van der Waals surface area (Å²) in [7, 11) is 0. The maximum Gasteiger partial charge on any atom is 0.0651 e. The predicted molar refractivity (Wildman–Crippen MR) is 57.2 cm³/mol. The number of likely N-dealkylation sites (tertiary alicyclic amines) is 1. The second-order valence-electron chi connectivity index (χ2n) is 4.70. The van der Waals surface area contributed by atoms with Gasteiger partial charge >= 0.3 is 0 Å². The van der Waals surface area contributed by atoms with E-state index in [1.165, 1.54) is 25.9 Å². The van der Waals surface area contributed by atoms with E-state index >= 15 is 0 Å². The molecule has 0 saturated carbocycles. The molecule has 2 heterocycles. The number of rotatable bonds is 2. The van der Waals surface area contributed by atoms with Crippen LogP contribution in [0.4, 0.5) is 0 Å². The lowest BCUT2D eigenvalue weighted by Crippen LogP contribution is -2.53. The zero-order valence-electron chi connectivity index (χ0n) is 9.17. The van der Waals surface area contributed by atoms with Crippen LogP contribution in [0.2, 0.25) is 0 Å². The Labute approximate surface area is 86.6 Å². The minimum atomic E-state index is 0.347. The van der Waals surface area contributed by atoms with Gasteiger partial charge in [-0.25, -0.2) is 0 Å². The molecule has 2 rings (SSSR count). The lowest BCUT2D eigenvalue weighted by molar-refractivity contribution is 0.0431. The maximum absolute atomic E-state index is 5.92. The van der Waals surface area contributed by atoms with Crippen LogP contribution in [0.3, 0.4) is 0 Å². The number of hydrogen-bond acceptors (Lipinski definition) is 3. The fourth-order valence-electron chi connectivity index (χ4n) is 2.72. The van der Waals surface area contributed by atoms with Crippen molar-refractivity contribution in [1.82, 2.24) is 4.90 Å². The molecule has 2 aliphatic rings. The molecule has 14 heavy (non-hydrogen) atoms. The third kappa shape index (κ3) is 1.81. The van der Waals surface area contributed by atoms with Gasteiger partial charge in [0.1, 0.15) is 0 Å². The topological polar surface area (TPSA) is 38.5 Å². The van der Waals surface area contributed by atoms with Crippen LogP contribution in [0.25, 0.3) is 0 Å². The third-order valence-corrected chi connectivity index (χ3v) is 3.95. The molecule has 2 saturated heterocycles. The van der Waals surface area contributed by atoms with E-state index in [1.54, 1.807) is 0 Å². The van der Waals surface area contributed by atoms with E-state index in [4.69, 9.17) is 10.5 Å². The van der Waals surface area contributed by atoms with Gasteiger partial charge in [-0.3, -0.25) is 4.90 Å². The summed E-state index contributed by atoms with van der Waals surface area (Å²) in [5.74, 6) is 0. The average molecular weight is 198 g/mol. The van der Waals surface area contributed by atoms with Crippen molar-refractivity contribution >= 4 is 0 Å². The van der Waals surface area contributed by atoms with E-state index in [1.807, 2.05) is 0 Å². The van der Waals surface area contributed by atoms with Gasteiger partial charge in [0.15, 0.2) is 0 Å². The van der Waals surface area contributed by atoms with Gasteiger partial charge in [-0.1, -0.05) is 6.92 Å². The maximum atomic E-state index is 5.92. The molecule has 3 nitrogen and oxygen atoms in total. The Morgan fingerprint density at radius 3 is 2.64 bits per heavy atom. The summed E-state index contributed by atoms with van der Waals surface area (Å²) in [4.78, 5) is 2.61. The normalized spacial score (nSPS) is 36.4. The fraction of sp³-hybridized carbons (Fsp3) is 1.00. The minimum Gasteiger partial charge on any atom is -0.379 e. The van der Waals surface area contributed by atoms with Gasteiger partial charge in [0.05, 0.1) is 6.61 Å². The highest BCUT2D eigenvalue weighted by Crippen LogP contribution is 2.31. The smallest absolute Gasteiger partial charge is 0.0651 e. The van der Waals surface area contributed by atoms with Crippen molar-refractivity contribution in [3.8, 4) is 0 Å². The summed E-state index contributed by atoms with van der Waals surface area (Å²) in [5, 5.41) is 0. The predicted octanol–water partition coefficient (Wildman–Crippen LogP) is 0.979. The molecule has 0 aromatic heterocycles. The first kappa shape index (κ1) is 10.4. The number of nitrogens with two attached hydrogens (primary N) is 1. The summed E-state index contributed by atoms with van der Waals surface area (Å²) in [6, 6.07) is 0.433. The second-order valence-corrected chi connectivity index (χ2v) is 4.70. The molecule has 0 amide bonds. The fourth-order valence-corrected chi connectivity index (χ4v) is 2.72. The van der Waals surface area contributed by atoms with E-state index in [2.05, 4.69) is 11.8 Å². The number of nitrogens with zero attached hydrogens (tertiary/aromatic N) is 1. The molecule has 0 aromatic carbocycles. The minimum absolute atomic E-state index is 0.347. The highest BCUT2D eigenvalue weighted by Gasteiger charge is 2.39. The van der Waals surface area contributed by atoms with Crippen LogP contribution in [-0.2, 0) is 4.74 Å². The summed E-state index contributed by atoms with van der Waals surface area (Å²) in [5.41, 5.74) is 6.27. The van der Waals surface area contributed by atoms with Crippen LogP contribution in [0.1, 0.15) is 32.6 Å². The van der Waals surface area contributed by atoms with E-state index in [0.29, 0.717) is 11.6 Å². The Morgan fingerprint density at radius 1 is 1.43 bits per heavy atom. The Kier molecular flexibility index (Phi) is 3.10. The lowest BCUT2D eigenvalue weighted by Gasteiger charge is -2.43. The Morgan fingerprint density at radius 2 is 2.14 bits per heavy atom. The standard InChI is InChI=1S/C11H22N2O/c1-2-11(5-8-14-9-11)13-6-3-10(12)4-7-13/h10H,2-9,12H2,1H3. The zero-order chi connectivity index (χ0) is 10.0. The van der Waals surface area contributed by atoms with Crippen molar-refractivity contribution in [2.45, 2.75) is 44.2 Å². The van der Waals surface area contributed by atoms with Gasteiger partial charge in [0.2, 0.25) is 0 Å². The van der Waals surface area contributed by atoms with E-state index in [0.717, 1.165) is 26.1 Å². The Hall–Kier alpha value is -0.120. The van der Waals surface area contributed by atoms with Crippen molar-refractivity contribution < 1.29 is 4.74 Å². The Balaban J connectivity index is 1.98. The molecule has 1 atom stereocenters. The molecular weight excluding hydrogens is 176 g/mol. The van der Waals surface area contributed by atoms with Crippen molar-refractivity contribution in [2.75, 3.05) is 26.3 Å². The molecule has 2 fully saturated rings. The molecule has 0 radical (unpaired) electrons. The van der Waals surface area contributed by atoms with Crippen LogP contribution in [0, 0.1) is 0 Å². The largest absolute Gasteiger partial charge is 0.379 e. The number of piperidine rings is 1. The molecule has 2 aliphatic heterocycles. The van der Waals surface area contributed by atoms with Crippen LogP contribution in [-0.4, -0.2) is 42.8 Å². The molecule has 0 spiro atoms. The molecular formula is C11H22N2O. The summed E-state index contributed by atoms with van der Waals surface area (Å²) in [6.07, 6.45) is 4.73. The number of hydrogen-bond donors (Lipinski definition) is 1. The summed E-state index contributed by atoms with van der Waals surface area (Å²) >= 11 is 0. The molecule has 2 N–H and O–H groups in total. The molecule has 82 valence electrons. The first-order valence-corrected chi connectivity index (χ1v) is 5.85. The van der Waals surface area contributed by atoms with E-state index in [9.17, 15) is 0 Å². The SMILES string of the molecule is CCC1(N2CCC(N)CC2)CCOC1. The molecule has 0 aromatic rings. The highest BCUT2D eigenvalue weighted by molar-refractivity contribution is 4.95. The van der Waals surface area contributed by atoms with Crippen molar-refractivity contribution in [3.05, 3.63) is 0 Å². The number of ether oxygens (including phenoxy) is 1. The van der Waals surface area contributed by atoms with E-state index in [-0.39, 0.29) is 0 Å². The summed E-state index contributed by atoms with van der Waals surface area (Å²) < 4.78 is 5.56. The van der Waals surface area contributed by atoms with E-state index < -0.39 is 0 Å². The molecule has 0 bridgehead atoms. The molecule has 0 aliphatic carbocycles. The highest BCUT2D eigenvalue weighted by atomic mass is 16.5. The van der Waals surface area contributed by atoms with Crippen LogP contribution < -0.4 is 5.73 Å². The van der Waals surface area contributed by atoms with Crippen molar-refractivity contribution in [2.24, 2.45) is 5.73 Å². The van der Waals surface area contributed by atoms with Crippen molar-refractivity contribution in [3.63, 3.8) is 0 Å². The van der Waals surface area contributed by atoms with Crippen LogP contribution in [0.5, 0.6) is 0 Å². The van der Waals surface area contributed by atoms with Crippen LogP contribution >= 0.6 is 0 Å².